The second-order valence-corrected chi connectivity index (χ2v) is 1.30. The Balaban J connectivity index is 0. The summed E-state index contributed by atoms with van der Waals surface area (Å²) in [5, 5.41) is 8.43. The van der Waals surface area contributed by atoms with Crippen LogP contribution >= 0.6 is 0 Å². The van der Waals surface area contributed by atoms with Gasteiger partial charge in [0.1, 0.15) is 0 Å². The van der Waals surface area contributed by atoms with Crippen LogP contribution in [0.4, 0.5) is 0 Å². The van der Waals surface area contributed by atoms with Gasteiger partial charge in [0.15, 0.2) is 0 Å². The molecule has 1 atom stereocenters. The van der Waals surface area contributed by atoms with Crippen molar-refractivity contribution in [2.45, 2.75) is 13.0 Å². The van der Waals surface area contributed by atoms with Gasteiger partial charge in [0.2, 0.25) is 0 Å². The summed E-state index contributed by atoms with van der Waals surface area (Å²) in [5.74, 6) is 0. The molecular formula is C4H10O2Y. The molecule has 1 unspecified atom stereocenters. The molecule has 0 bridgehead atoms. The summed E-state index contributed by atoms with van der Waals surface area (Å²) in [4.78, 5) is 0. The zero-order valence-electron chi connectivity index (χ0n) is 4.72. The number of aliphatic hydroxyl groups is 1. The molecule has 0 aliphatic carbocycles. The summed E-state index contributed by atoms with van der Waals surface area (Å²) in [7, 11) is 1.56. The second kappa shape index (κ2) is 7.02. The Morgan fingerprint density at radius 2 is 2.14 bits per heavy atom. The van der Waals surface area contributed by atoms with Gasteiger partial charge in [-0.25, -0.2) is 0 Å². The van der Waals surface area contributed by atoms with Crippen molar-refractivity contribution in [1.82, 2.24) is 0 Å². The van der Waals surface area contributed by atoms with Gasteiger partial charge in [0.25, 0.3) is 0 Å². The van der Waals surface area contributed by atoms with Gasteiger partial charge in [-0.15, -0.1) is 0 Å². The van der Waals surface area contributed by atoms with Gasteiger partial charge in [-0.05, 0) is 6.92 Å². The molecule has 0 aromatic heterocycles. The van der Waals surface area contributed by atoms with Gasteiger partial charge < -0.3 is 9.84 Å². The molecular weight excluding hydrogens is 169 g/mol. The molecule has 0 rings (SSSR count). The first-order chi connectivity index (χ1) is 2.77. The van der Waals surface area contributed by atoms with E-state index in [-0.39, 0.29) is 38.8 Å². The van der Waals surface area contributed by atoms with Crippen molar-refractivity contribution < 1.29 is 42.6 Å². The summed E-state index contributed by atoms with van der Waals surface area (Å²) in [5.41, 5.74) is 0. The van der Waals surface area contributed by atoms with Crippen molar-refractivity contribution in [3.8, 4) is 0 Å². The Bertz CT molecular complexity index is 30.9. The number of ether oxygens (including phenoxy) is 1. The molecule has 0 fully saturated rings. The predicted octanol–water partition coefficient (Wildman–Crippen LogP) is 0.0111. The van der Waals surface area contributed by atoms with E-state index in [1.54, 1.807) is 14.0 Å². The third kappa shape index (κ3) is 10.9. The smallest absolute Gasteiger partial charge is 0.0745 e. The molecule has 0 amide bonds. The van der Waals surface area contributed by atoms with Crippen LogP contribution in [0.25, 0.3) is 0 Å². The summed E-state index contributed by atoms with van der Waals surface area (Å²) in [6, 6.07) is 0. The molecule has 41 valence electrons. The van der Waals surface area contributed by atoms with Crippen molar-refractivity contribution >= 4 is 0 Å². The zero-order valence-corrected chi connectivity index (χ0v) is 7.56. The Kier molecular flexibility index (Phi) is 10.9. The number of hydrogen-bond donors (Lipinski definition) is 1. The van der Waals surface area contributed by atoms with Crippen molar-refractivity contribution in [1.29, 1.82) is 0 Å². The van der Waals surface area contributed by atoms with E-state index in [2.05, 4.69) is 4.74 Å². The molecule has 0 saturated carbocycles. The SMILES string of the molecule is COCC(C)O.[Y]. The second-order valence-electron chi connectivity index (χ2n) is 1.30. The maximum atomic E-state index is 8.43. The van der Waals surface area contributed by atoms with Crippen molar-refractivity contribution in [3.05, 3.63) is 0 Å². The first-order valence-electron chi connectivity index (χ1n) is 1.94. The van der Waals surface area contributed by atoms with Crippen LogP contribution in [0.1, 0.15) is 6.92 Å². The molecule has 0 aromatic carbocycles. The van der Waals surface area contributed by atoms with Gasteiger partial charge >= 0.3 is 0 Å². The molecule has 1 N–H and O–H groups in total. The molecule has 0 heterocycles. The molecule has 0 aliphatic rings. The number of aliphatic hydroxyl groups excluding tert-OH is 1. The fraction of sp³-hybridized carbons (Fsp3) is 1.00. The van der Waals surface area contributed by atoms with Gasteiger partial charge in [0.05, 0.1) is 12.7 Å². The Labute approximate surface area is 69.1 Å². The van der Waals surface area contributed by atoms with E-state index in [0.29, 0.717) is 6.61 Å². The molecule has 0 saturated heterocycles. The Morgan fingerprint density at radius 1 is 1.71 bits per heavy atom. The minimum absolute atomic E-state index is 0. The van der Waals surface area contributed by atoms with Crippen LogP contribution in [-0.2, 0) is 37.4 Å². The summed E-state index contributed by atoms with van der Waals surface area (Å²) in [6.07, 6.45) is -0.324. The molecule has 0 aromatic rings. The molecule has 0 aliphatic heterocycles. The average molecular weight is 179 g/mol. The van der Waals surface area contributed by atoms with E-state index in [4.69, 9.17) is 5.11 Å². The van der Waals surface area contributed by atoms with E-state index in [9.17, 15) is 0 Å². The maximum absolute atomic E-state index is 8.43. The molecule has 3 heteroatoms. The zero-order chi connectivity index (χ0) is 4.99. The minimum Gasteiger partial charge on any atom is -0.391 e. The topological polar surface area (TPSA) is 29.5 Å². The predicted molar refractivity (Wildman–Crippen MR) is 23.6 cm³/mol. The van der Waals surface area contributed by atoms with Gasteiger partial charge in [-0.3, -0.25) is 0 Å². The van der Waals surface area contributed by atoms with Crippen LogP contribution in [0, 0.1) is 0 Å². The van der Waals surface area contributed by atoms with Crippen LogP contribution in [0.2, 0.25) is 0 Å². The Morgan fingerprint density at radius 3 is 2.14 bits per heavy atom. The largest absolute Gasteiger partial charge is 0.391 e. The monoisotopic (exact) mass is 179 g/mol. The summed E-state index contributed by atoms with van der Waals surface area (Å²) in [6.45, 7) is 2.11. The molecule has 0 spiro atoms. The quantitative estimate of drug-likeness (QED) is 0.647. The average Bonchev–Trinajstić information content (AvgIpc) is 1.35. The van der Waals surface area contributed by atoms with Crippen LogP contribution in [0.3, 0.4) is 0 Å². The fourth-order valence-corrected chi connectivity index (χ4v) is 0.241. The number of methoxy groups -OCH3 is 1. The van der Waals surface area contributed by atoms with E-state index < -0.39 is 0 Å². The van der Waals surface area contributed by atoms with Crippen LogP contribution in [0.15, 0.2) is 0 Å². The van der Waals surface area contributed by atoms with Crippen molar-refractivity contribution in [2.75, 3.05) is 13.7 Å². The summed E-state index contributed by atoms with van der Waals surface area (Å²) >= 11 is 0. The van der Waals surface area contributed by atoms with Gasteiger partial charge in [0, 0.05) is 39.8 Å². The van der Waals surface area contributed by atoms with E-state index in [1.165, 1.54) is 0 Å². The standard InChI is InChI=1S/C4H10O2.Y/c1-4(5)3-6-2;/h4-5H,3H2,1-2H3;. The first kappa shape index (κ1) is 10.9. The third-order valence-electron chi connectivity index (χ3n) is 0.408. The maximum Gasteiger partial charge on any atom is 0.0745 e. The fourth-order valence-electron chi connectivity index (χ4n) is 0.241. The van der Waals surface area contributed by atoms with Gasteiger partial charge in [-0.2, -0.15) is 0 Å². The van der Waals surface area contributed by atoms with E-state index in [0.717, 1.165) is 0 Å². The van der Waals surface area contributed by atoms with Crippen molar-refractivity contribution in [3.63, 3.8) is 0 Å². The molecule has 7 heavy (non-hydrogen) atoms. The van der Waals surface area contributed by atoms with E-state index >= 15 is 0 Å². The normalized spacial score (nSPS) is 12.4. The minimum atomic E-state index is -0.324. The Hall–Kier alpha value is 1.02. The molecule has 1 radical (unpaired) electrons. The first-order valence-corrected chi connectivity index (χ1v) is 1.94. The number of rotatable bonds is 2. The van der Waals surface area contributed by atoms with Crippen LogP contribution in [-0.4, -0.2) is 24.9 Å². The van der Waals surface area contributed by atoms with Crippen LogP contribution in [0.5, 0.6) is 0 Å². The third-order valence-corrected chi connectivity index (χ3v) is 0.408. The van der Waals surface area contributed by atoms with Crippen LogP contribution < -0.4 is 0 Å². The molecule has 2 nitrogen and oxygen atoms in total. The van der Waals surface area contributed by atoms with E-state index in [1.807, 2.05) is 0 Å². The van der Waals surface area contributed by atoms with Crippen molar-refractivity contribution in [2.24, 2.45) is 0 Å². The van der Waals surface area contributed by atoms with Gasteiger partial charge in [-0.1, -0.05) is 0 Å². The summed E-state index contributed by atoms with van der Waals surface area (Å²) < 4.78 is 4.55. The number of hydrogen-bond acceptors (Lipinski definition) is 2.